The summed E-state index contributed by atoms with van der Waals surface area (Å²) in [6, 6.07) is 3.37. The number of amides is 1. The molecule has 0 radical (unpaired) electrons. The first-order chi connectivity index (χ1) is 15.0. The van der Waals surface area contributed by atoms with Crippen molar-refractivity contribution in [2.24, 2.45) is 5.92 Å². The molecule has 1 atom stereocenters. The highest BCUT2D eigenvalue weighted by molar-refractivity contribution is 5.83. The largest absolute Gasteiger partial charge is 0.493 e. The minimum atomic E-state index is -0.136. The van der Waals surface area contributed by atoms with E-state index in [1.165, 1.54) is 7.11 Å². The van der Waals surface area contributed by atoms with E-state index in [0.717, 1.165) is 19.3 Å². The van der Waals surface area contributed by atoms with Gasteiger partial charge >= 0.3 is 0 Å². The maximum atomic E-state index is 13.1. The van der Waals surface area contributed by atoms with Crippen LogP contribution in [0.1, 0.15) is 44.3 Å². The van der Waals surface area contributed by atoms with Crippen molar-refractivity contribution in [1.29, 1.82) is 0 Å². The molecular weight excluding hydrogens is 398 g/mol. The zero-order valence-electron chi connectivity index (χ0n) is 18.2. The lowest BCUT2D eigenvalue weighted by atomic mass is 9.85. The fraction of sp³-hybridized carbons (Fsp3) is 0.565. The number of fused-ring (bicyclic) bond motifs is 2. The van der Waals surface area contributed by atoms with Crippen molar-refractivity contribution in [3.8, 4) is 11.5 Å². The highest BCUT2D eigenvalue weighted by Crippen LogP contribution is 2.30. The highest BCUT2D eigenvalue weighted by Gasteiger charge is 2.25. The fourth-order valence-corrected chi connectivity index (χ4v) is 4.65. The van der Waals surface area contributed by atoms with Gasteiger partial charge in [0, 0.05) is 50.9 Å². The highest BCUT2D eigenvalue weighted by atomic mass is 16.5. The van der Waals surface area contributed by atoms with E-state index in [1.54, 1.807) is 28.7 Å². The Labute approximate surface area is 181 Å². The molecule has 0 unspecified atom stereocenters. The first kappa shape index (κ1) is 21.3. The van der Waals surface area contributed by atoms with Crippen molar-refractivity contribution in [2.45, 2.75) is 51.5 Å². The molecule has 1 saturated carbocycles. The molecule has 166 valence electrons. The van der Waals surface area contributed by atoms with Gasteiger partial charge in [0.2, 0.25) is 5.91 Å². The summed E-state index contributed by atoms with van der Waals surface area (Å²) in [6.45, 7) is 1.38. The van der Waals surface area contributed by atoms with E-state index in [1.807, 2.05) is 0 Å². The zero-order chi connectivity index (χ0) is 22.0. The third kappa shape index (κ3) is 4.29. The van der Waals surface area contributed by atoms with Crippen molar-refractivity contribution in [2.75, 3.05) is 27.3 Å². The molecule has 1 fully saturated rings. The summed E-state index contributed by atoms with van der Waals surface area (Å²) in [4.78, 5) is 44.5. The lowest BCUT2D eigenvalue weighted by molar-refractivity contribution is -0.132. The molecule has 4 rings (SSSR count). The molecule has 1 aliphatic heterocycles. The SMILES string of the molecule is COc1cc2nc3n(c(=O)c2cc1OC)CCN(C(=O)CC[C@H]1CCCCC1=O)CC3. The number of hydrogen-bond acceptors (Lipinski definition) is 6. The Kier molecular flexibility index (Phi) is 6.25. The lowest BCUT2D eigenvalue weighted by Gasteiger charge is -2.23. The normalized spacial score (nSPS) is 19.1. The number of hydrogen-bond donors (Lipinski definition) is 0. The van der Waals surface area contributed by atoms with E-state index in [9.17, 15) is 14.4 Å². The van der Waals surface area contributed by atoms with E-state index in [2.05, 4.69) is 4.98 Å². The molecule has 2 heterocycles. The molecular formula is C23H29N3O5. The smallest absolute Gasteiger partial charge is 0.261 e. The van der Waals surface area contributed by atoms with Gasteiger partial charge in [0.15, 0.2) is 11.5 Å². The Morgan fingerprint density at radius 3 is 2.58 bits per heavy atom. The number of nitrogens with zero attached hydrogens (tertiary/aromatic N) is 3. The molecule has 2 aromatic rings. The number of carbonyl (C=O) groups excluding carboxylic acids is 2. The van der Waals surface area contributed by atoms with Gasteiger partial charge in [-0.25, -0.2) is 4.98 Å². The zero-order valence-corrected chi connectivity index (χ0v) is 18.2. The number of benzene rings is 1. The summed E-state index contributed by atoms with van der Waals surface area (Å²) >= 11 is 0. The van der Waals surface area contributed by atoms with Crippen LogP contribution in [-0.2, 0) is 22.6 Å². The van der Waals surface area contributed by atoms with Gasteiger partial charge in [0.1, 0.15) is 11.6 Å². The summed E-state index contributed by atoms with van der Waals surface area (Å²) in [7, 11) is 3.08. The number of methoxy groups -OCH3 is 2. The van der Waals surface area contributed by atoms with Gasteiger partial charge in [-0.3, -0.25) is 19.0 Å². The number of ether oxygens (including phenoxy) is 2. The summed E-state index contributed by atoms with van der Waals surface area (Å²) in [5.74, 6) is 2.05. The number of ketones is 1. The molecule has 8 nitrogen and oxygen atoms in total. The standard InChI is InChI=1S/C23H29N3O5/c1-30-19-13-16-17(14-20(19)31-2)24-21-9-10-25(11-12-26(21)23(16)29)22(28)8-7-15-5-3-4-6-18(15)27/h13-15H,3-12H2,1-2H3/t15-/m1/s1. The minimum absolute atomic E-state index is 0.0291. The van der Waals surface area contributed by atoms with Gasteiger partial charge in [0.05, 0.1) is 25.1 Å². The van der Waals surface area contributed by atoms with Crippen LogP contribution in [0.25, 0.3) is 10.9 Å². The van der Waals surface area contributed by atoms with Crippen LogP contribution >= 0.6 is 0 Å². The van der Waals surface area contributed by atoms with Gasteiger partial charge in [0.25, 0.3) is 5.56 Å². The average molecular weight is 428 g/mol. The van der Waals surface area contributed by atoms with Gasteiger partial charge in [-0.05, 0) is 25.3 Å². The summed E-state index contributed by atoms with van der Waals surface area (Å²) in [5, 5.41) is 0.469. The van der Waals surface area contributed by atoms with Gasteiger partial charge in [-0.1, -0.05) is 6.42 Å². The topological polar surface area (TPSA) is 90.7 Å². The van der Waals surface area contributed by atoms with Crippen LogP contribution in [-0.4, -0.2) is 53.5 Å². The molecule has 0 spiro atoms. The molecule has 1 aromatic heterocycles. The quantitative estimate of drug-likeness (QED) is 0.728. The Morgan fingerprint density at radius 2 is 1.84 bits per heavy atom. The van der Waals surface area contributed by atoms with E-state index in [-0.39, 0.29) is 17.4 Å². The average Bonchev–Trinajstić information content (AvgIpc) is 3.00. The van der Waals surface area contributed by atoms with Gasteiger partial charge < -0.3 is 14.4 Å². The molecule has 2 aliphatic rings. The van der Waals surface area contributed by atoms with Crippen molar-refractivity contribution in [3.05, 3.63) is 28.3 Å². The number of carbonyl (C=O) groups is 2. The maximum absolute atomic E-state index is 13.1. The van der Waals surface area contributed by atoms with Crippen LogP contribution in [0.5, 0.6) is 11.5 Å². The van der Waals surface area contributed by atoms with E-state index in [0.29, 0.717) is 79.3 Å². The molecule has 0 N–H and O–H groups in total. The maximum Gasteiger partial charge on any atom is 0.261 e. The second-order valence-corrected chi connectivity index (χ2v) is 8.29. The number of aromatic nitrogens is 2. The second kappa shape index (κ2) is 9.08. The minimum Gasteiger partial charge on any atom is -0.493 e. The third-order valence-corrected chi connectivity index (χ3v) is 6.48. The van der Waals surface area contributed by atoms with Crippen LogP contribution in [0.4, 0.5) is 0 Å². The van der Waals surface area contributed by atoms with E-state index < -0.39 is 0 Å². The molecule has 0 saturated heterocycles. The predicted molar refractivity (Wildman–Crippen MR) is 116 cm³/mol. The first-order valence-corrected chi connectivity index (χ1v) is 11.0. The molecule has 1 amide bonds. The van der Waals surface area contributed by atoms with Crippen LogP contribution in [0.15, 0.2) is 16.9 Å². The van der Waals surface area contributed by atoms with Crippen molar-refractivity contribution in [3.63, 3.8) is 0 Å². The van der Waals surface area contributed by atoms with Gasteiger partial charge in [-0.2, -0.15) is 0 Å². The molecule has 1 aromatic carbocycles. The number of rotatable bonds is 5. The molecule has 0 bridgehead atoms. The van der Waals surface area contributed by atoms with Crippen molar-refractivity contribution < 1.29 is 19.1 Å². The molecule has 8 heteroatoms. The Hall–Kier alpha value is -2.90. The molecule has 1 aliphatic carbocycles. The number of Topliss-reactive ketones (excluding diaryl/α,β-unsaturated/α-hetero) is 1. The third-order valence-electron chi connectivity index (χ3n) is 6.48. The monoisotopic (exact) mass is 427 g/mol. The second-order valence-electron chi connectivity index (χ2n) is 8.29. The fourth-order valence-electron chi connectivity index (χ4n) is 4.65. The van der Waals surface area contributed by atoms with Crippen LogP contribution < -0.4 is 15.0 Å². The predicted octanol–water partition coefficient (Wildman–Crippen LogP) is 2.34. The van der Waals surface area contributed by atoms with Crippen LogP contribution in [0.3, 0.4) is 0 Å². The van der Waals surface area contributed by atoms with Crippen molar-refractivity contribution >= 4 is 22.6 Å². The van der Waals surface area contributed by atoms with Crippen molar-refractivity contribution in [1.82, 2.24) is 14.5 Å². The summed E-state index contributed by atoms with van der Waals surface area (Å²) in [6.07, 6.45) is 5.11. The van der Waals surface area contributed by atoms with Crippen LogP contribution in [0, 0.1) is 5.92 Å². The lowest BCUT2D eigenvalue weighted by Crippen LogP contribution is -2.34. The summed E-state index contributed by atoms with van der Waals surface area (Å²) in [5.41, 5.74) is 0.424. The Balaban J connectivity index is 1.50. The van der Waals surface area contributed by atoms with Crippen LogP contribution in [0.2, 0.25) is 0 Å². The Bertz CT molecular complexity index is 1060. The Morgan fingerprint density at radius 1 is 1.06 bits per heavy atom. The van der Waals surface area contributed by atoms with E-state index >= 15 is 0 Å². The van der Waals surface area contributed by atoms with Gasteiger partial charge in [-0.15, -0.1) is 0 Å². The summed E-state index contributed by atoms with van der Waals surface area (Å²) < 4.78 is 12.3. The van der Waals surface area contributed by atoms with E-state index in [4.69, 9.17) is 9.47 Å². The molecule has 31 heavy (non-hydrogen) atoms. The first-order valence-electron chi connectivity index (χ1n) is 11.0.